The number of aromatic amines is 1. The Bertz CT molecular complexity index is 2350. The van der Waals surface area contributed by atoms with Crippen molar-refractivity contribution >= 4 is 34.8 Å². The van der Waals surface area contributed by atoms with Gasteiger partial charge < -0.3 is 45.6 Å². The minimum Gasteiger partial charge on any atom is -0.508 e. The fourth-order valence-electron chi connectivity index (χ4n) is 11.0. The lowest BCUT2D eigenvalue weighted by Gasteiger charge is -2.56. The molecule has 5 aromatic rings. The minimum absolute atomic E-state index is 0.0984. The number of amides is 3. The first-order chi connectivity index (χ1) is 29.6. The third kappa shape index (κ3) is 9.92. The number of alkyl carbamates (subject to hydrolysis) is 1. The van der Waals surface area contributed by atoms with E-state index < -0.39 is 41.6 Å². The lowest BCUT2D eigenvalue weighted by Crippen LogP contribution is -2.55. The topological polar surface area (TPSA) is 215 Å². The molecule has 62 heavy (non-hydrogen) atoms. The molecular weight excluding hydrogens is 787 g/mol. The summed E-state index contributed by atoms with van der Waals surface area (Å²) in [7, 11) is 0. The first kappa shape index (κ1) is 42.8. The van der Waals surface area contributed by atoms with E-state index in [0.29, 0.717) is 37.0 Å². The van der Waals surface area contributed by atoms with Gasteiger partial charge in [0.25, 0.3) is 0 Å². The zero-order chi connectivity index (χ0) is 43.8. The van der Waals surface area contributed by atoms with E-state index in [1.165, 1.54) is 38.5 Å². The van der Waals surface area contributed by atoms with Crippen LogP contribution in [0.25, 0.3) is 10.9 Å². The number of hydrogen-bond donors (Lipinski definition) is 6. The Morgan fingerprint density at radius 2 is 1.66 bits per heavy atom. The summed E-state index contributed by atoms with van der Waals surface area (Å²) in [5, 5.41) is 24.9. The van der Waals surface area contributed by atoms with Crippen LogP contribution in [0.4, 0.5) is 10.7 Å². The third-order valence-corrected chi connectivity index (χ3v) is 13.3. The standard InChI is InChI=1S/C47H61N9O6/c1-27-15-33(57)16-28(2)35(27)21-38(51-41(58)37(53-45(60)61-46(3,4)5)11-8-13-56-14-12-49-44(56)48)42(59)52-39(20-32-26-50-36-10-7-6-9-34(32)36)43-54-40(55-62-43)25-47-22-29-17-30(23-47)19-31(18-29)24-47/h6-7,9-10,12,14-16,26,29-31,37-39,50,57H,8,11,13,17-25H2,1-5H3,(H2,48,49)(H,51,58)(H,52,59)(H,53,60)/t29?,30?,31?,37-,38+,39+,47?/m1/s1. The number of imidazole rings is 1. The summed E-state index contributed by atoms with van der Waals surface area (Å²) in [4.78, 5) is 54.8. The van der Waals surface area contributed by atoms with Gasteiger partial charge in [0, 0.05) is 55.3 Å². The van der Waals surface area contributed by atoms with Crippen molar-refractivity contribution in [3.05, 3.63) is 89.0 Å². The number of nitrogens with two attached hydrogens (primary N) is 1. The Morgan fingerprint density at radius 1 is 0.984 bits per heavy atom. The Morgan fingerprint density at radius 3 is 2.32 bits per heavy atom. The number of nitrogens with one attached hydrogen (secondary N) is 4. The fourth-order valence-corrected chi connectivity index (χ4v) is 11.0. The molecule has 4 bridgehead atoms. The normalized spacial score (nSPS) is 22.0. The predicted octanol–water partition coefficient (Wildman–Crippen LogP) is 6.91. The number of fused-ring (bicyclic) bond motifs is 1. The quantitative estimate of drug-likeness (QED) is 0.0603. The summed E-state index contributed by atoms with van der Waals surface area (Å²) in [6, 6.07) is 8.34. The molecule has 9 rings (SSSR count). The van der Waals surface area contributed by atoms with Gasteiger partial charge in [0.2, 0.25) is 17.7 Å². The molecule has 7 N–H and O–H groups in total. The van der Waals surface area contributed by atoms with Gasteiger partial charge in [0.05, 0.1) is 0 Å². The van der Waals surface area contributed by atoms with Gasteiger partial charge in [-0.1, -0.05) is 23.4 Å². The average Bonchev–Trinajstić information content (AvgIpc) is 3.93. The second-order valence-corrected chi connectivity index (χ2v) is 19.4. The van der Waals surface area contributed by atoms with E-state index in [4.69, 9.17) is 20.0 Å². The molecule has 4 aliphatic carbocycles. The summed E-state index contributed by atoms with van der Waals surface area (Å²) in [6.45, 7) is 9.40. The number of ether oxygens (including phenoxy) is 1. The van der Waals surface area contributed by atoms with Crippen LogP contribution in [0.1, 0.15) is 112 Å². The van der Waals surface area contributed by atoms with Crippen molar-refractivity contribution in [2.75, 3.05) is 5.73 Å². The number of anilines is 1. The number of nitrogens with zero attached hydrogens (tertiary/aromatic N) is 4. The number of benzene rings is 2. The Labute approximate surface area is 362 Å². The van der Waals surface area contributed by atoms with Crippen molar-refractivity contribution in [3.63, 3.8) is 0 Å². The predicted molar refractivity (Wildman–Crippen MR) is 234 cm³/mol. The summed E-state index contributed by atoms with van der Waals surface area (Å²) >= 11 is 0. The molecule has 4 saturated carbocycles. The molecule has 0 radical (unpaired) electrons. The number of hydrogen-bond acceptors (Lipinski definition) is 10. The van der Waals surface area contributed by atoms with Gasteiger partial charge in [-0.15, -0.1) is 0 Å². The highest BCUT2D eigenvalue weighted by atomic mass is 16.6. The SMILES string of the molecule is Cc1cc(O)cc(C)c1C[C@H](NC(=O)[C@@H](CCCn1ccnc1N)NC(=O)OC(C)(C)C)C(=O)N[C@@H](Cc1c[nH]c2ccccc12)c1nc(CC23CC4CC(CC(C4)C2)C3)no1. The summed E-state index contributed by atoms with van der Waals surface area (Å²) < 4.78 is 13.4. The number of H-pyrrole nitrogens is 1. The number of carbonyl (C=O) groups is 3. The first-order valence-corrected chi connectivity index (χ1v) is 22.1. The van der Waals surface area contributed by atoms with Gasteiger partial charge in [-0.25, -0.2) is 9.78 Å². The molecule has 0 saturated heterocycles. The van der Waals surface area contributed by atoms with Gasteiger partial charge in [0.15, 0.2) is 11.8 Å². The largest absolute Gasteiger partial charge is 0.508 e. The number of aryl methyl sites for hydroxylation is 3. The number of para-hydroxylation sites is 1. The first-order valence-electron chi connectivity index (χ1n) is 22.1. The van der Waals surface area contributed by atoms with Gasteiger partial charge in [-0.05, 0) is 150 Å². The maximum atomic E-state index is 14.9. The molecule has 3 atom stereocenters. The molecule has 330 valence electrons. The lowest BCUT2D eigenvalue weighted by molar-refractivity contribution is -0.130. The fraction of sp³-hybridized carbons (Fsp3) is 0.532. The van der Waals surface area contributed by atoms with Crippen LogP contribution in [-0.4, -0.2) is 65.4 Å². The second-order valence-electron chi connectivity index (χ2n) is 19.4. The van der Waals surface area contributed by atoms with Crippen molar-refractivity contribution in [2.45, 2.75) is 136 Å². The highest BCUT2D eigenvalue weighted by Gasteiger charge is 2.51. The van der Waals surface area contributed by atoms with Crippen LogP contribution >= 0.6 is 0 Å². The zero-order valence-electron chi connectivity index (χ0n) is 36.5. The molecule has 15 heteroatoms. The number of rotatable bonds is 16. The van der Waals surface area contributed by atoms with Crippen LogP contribution in [0.3, 0.4) is 0 Å². The molecule has 4 fully saturated rings. The van der Waals surface area contributed by atoms with Gasteiger partial charge in [0.1, 0.15) is 29.5 Å². The average molecular weight is 848 g/mol. The van der Waals surface area contributed by atoms with E-state index in [1.807, 2.05) is 44.3 Å². The second kappa shape index (κ2) is 17.5. The third-order valence-electron chi connectivity index (χ3n) is 13.3. The van der Waals surface area contributed by atoms with Crippen LogP contribution in [0, 0.1) is 37.0 Å². The van der Waals surface area contributed by atoms with Gasteiger partial charge >= 0.3 is 6.09 Å². The highest BCUT2D eigenvalue weighted by Crippen LogP contribution is 2.61. The monoisotopic (exact) mass is 847 g/mol. The van der Waals surface area contributed by atoms with Crippen LogP contribution in [0.5, 0.6) is 5.75 Å². The van der Waals surface area contributed by atoms with Crippen LogP contribution in [0.15, 0.2) is 59.5 Å². The summed E-state index contributed by atoms with van der Waals surface area (Å²) in [6.07, 6.45) is 14.0. The molecule has 3 aromatic heterocycles. The van der Waals surface area contributed by atoms with Crippen LogP contribution in [-0.2, 0) is 40.1 Å². The highest BCUT2D eigenvalue weighted by molar-refractivity contribution is 5.92. The molecule has 3 amide bonds. The van der Waals surface area contributed by atoms with Crippen molar-refractivity contribution in [3.8, 4) is 5.75 Å². The number of aromatic hydroxyl groups is 1. The lowest BCUT2D eigenvalue weighted by atomic mass is 9.49. The Balaban J connectivity index is 1.08. The Kier molecular flexibility index (Phi) is 12.1. The number of phenols is 1. The molecule has 0 unspecified atom stereocenters. The maximum Gasteiger partial charge on any atom is 0.408 e. The molecule has 3 heterocycles. The number of phenolic OH excluding ortho intramolecular Hbond substituents is 1. The van der Waals surface area contributed by atoms with E-state index in [-0.39, 0.29) is 24.0 Å². The van der Waals surface area contributed by atoms with Crippen molar-refractivity contribution in [1.82, 2.24) is 40.6 Å². The van der Waals surface area contributed by atoms with E-state index >= 15 is 0 Å². The number of carbonyl (C=O) groups excluding carboxylic acids is 3. The summed E-state index contributed by atoms with van der Waals surface area (Å²) in [5.41, 5.74) is 9.61. The number of aromatic nitrogens is 5. The summed E-state index contributed by atoms with van der Waals surface area (Å²) in [5.74, 6) is 2.71. The van der Waals surface area contributed by atoms with Crippen molar-refractivity contribution in [1.29, 1.82) is 0 Å². The van der Waals surface area contributed by atoms with Crippen LogP contribution in [0.2, 0.25) is 0 Å². The van der Waals surface area contributed by atoms with E-state index in [0.717, 1.165) is 57.3 Å². The molecule has 0 spiro atoms. The molecule has 2 aromatic carbocycles. The number of nitrogen functional groups attached to an aromatic ring is 1. The van der Waals surface area contributed by atoms with Crippen molar-refractivity contribution < 1.29 is 28.8 Å². The molecule has 15 nitrogen and oxygen atoms in total. The van der Waals surface area contributed by atoms with Gasteiger partial charge in [-0.2, -0.15) is 4.98 Å². The molecule has 0 aliphatic heterocycles. The maximum absolute atomic E-state index is 14.9. The Hall–Kier alpha value is -5.86. The van der Waals surface area contributed by atoms with Gasteiger partial charge in [-0.3, -0.25) is 9.59 Å². The van der Waals surface area contributed by atoms with E-state index in [2.05, 4.69) is 31.1 Å². The van der Waals surface area contributed by atoms with E-state index in [9.17, 15) is 19.5 Å². The van der Waals surface area contributed by atoms with Crippen LogP contribution < -0.4 is 21.7 Å². The minimum atomic E-state index is -1.11. The molecule has 4 aliphatic rings. The van der Waals surface area contributed by atoms with E-state index in [1.54, 1.807) is 49.9 Å². The smallest absolute Gasteiger partial charge is 0.408 e. The molecular formula is C47H61N9O6. The zero-order valence-corrected chi connectivity index (χ0v) is 36.5. The van der Waals surface area contributed by atoms with Crippen molar-refractivity contribution in [2.24, 2.45) is 23.2 Å².